The zero-order valence-corrected chi connectivity index (χ0v) is 18.7. The number of nitrogens with zero attached hydrogens (tertiary/aromatic N) is 2. The largest absolute Gasteiger partial charge is 0.495 e. The molecule has 1 unspecified atom stereocenters. The Hall–Kier alpha value is -1.95. The van der Waals surface area contributed by atoms with Crippen molar-refractivity contribution in [3.63, 3.8) is 0 Å². The van der Waals surface area contributed by atoms with Gasteiger partial charge in [-0.25, -0.2) is 0 Å². The Kier molecular flexibility index (Phi) is 9.58. The number of aliphatic imine (C=N–C) groups is 1. The second kappa shape index (κ2) is 11.9. The maximum absolute atomic E-state index is 10.8. The molecular weight excluding hydrogens is 364 g/mol. The lowest BCUT2D eigenvalue weighted by atomic mass is 9.93. The van der Waals surface area contributed by atoms with E-state index in [0.717, 1.165) is 70.0 Å². The van der Waals surface area contributed by atoms with Gasteiger partial charge < -0.3 is 25.4 Å². The Bertz CT molecular complexity index is 629. The highest BCUT2D eigenvalue weighted by Gasteiger charge is 2.26. The molecular formula is C23H40N4O2. The summed E-state index contributed by atoms with van der Waals surface area (Å²) in [5.74, 6) is 2.28. The van der Waals surface area contributed by atoms with Gasteiger partial charge in [0.1, 0.15) is 5.75 Å². The van der Waals surface area contributed by atoms with Gasteiger partial charge >= 0.3 is 0 Å². The van der Waals surface area contributed by atoms with Gasteiger partial charge in [-0.1, -0.05) is 38.8 Å². The molecule has 6 heteroatoms. The van der Waals surface area contributed by atoms with Crippen LogP contribution in [0.25, 0.3) is 0 Å². The van der Waals surface area contributed by atoms with Crippen LogP contribution in [0.2, 0.25) is 0 Å². The van der Waals surface area contributed by atoms with Crippen molar-refractivity contribution in [2.45, 2.75) is 58.5 Å². The third-order valence-corrected chi connectivity index (χ3v) is 5.58. The van der Waals surface area contributed by atoms with E-state index in [1.165, 1.54) is 5.69 Å². The normalized spacial score (nSPS) is 17.5. The van der Waals surface area contributed by atoms with Crippen LogP contribution in [0.4, 0.5) is 5.69 Å². The zero-order valence-electron chi connectivity index (χ0n) is 18.7. The topological polar surface area (TPSA) is 69.1 Å². The van der Waals surface area contributed by atoms with E-state index < -0.39 is 5.60 Å². The minimum atomic E-state index is -0.695. The molecule has 1 aliphatic heterocycles. The molecule has 1 fully saturated rings. The Morgan fingerprint density at radius 1 is 1.21 bits per heavy atom. The lowest BCUT2D eigenvalue weighted by Crippen LogP contribution is -2.42. The Balaban J connectivity index is 1.92. The highest BCUT2D eigenvalue weighted by atomic mass is 16.5. The van der Waals surface area contributed by atoms with E-state index in [1.54, 1.807) is 7.11 Å². The number of methoxy groups -OCH3 is 1. The van der Waals surface area contributed by atoms with Gasteiger partial charge in [-0.15, -0.1) is 0 Å². The molecule has 6 nitrogen and oxygen atoms in total. The molecule has 1 saturated heterocycles. The van der Waals surface area contributed by atoms with E-state index in [0.29, 0.717) is 12.5 Å². The van der Waals surface area contributed by atoms with Crippen molar-refractivity contribution in [3.05, 3.63) is 24.3 Å². The highest BCUT2D eigenvalue weighted by Crippen LogP contribution is 2.31. The minimum Gasteiger partial charge on any atom is -0.495 e. The number of ether oxygens (including phenoxy) is 1. The fraction of sp³-hybridized carbons (Fsp3) is 0.696. The second-order valence-electron chi connectivity index (χ2n) is 8.07. The lowest BCUT2D eigenvalue weighted by molar-refractivity contribution is 0.0306. The summed E-state index contributed by atoms with van der Waals surface area (Å²) in [6.07, 6.45) is 4.66. The van der Waals surface area contributed by atoms with Crippen LogP contribution in [0.15, 0.2) is 29.3 Å². The molecule has 0 bridgehead atoms. The molecule has 1 heterocycles. The van der Waals surface area contributed by atoms with Crippen molar-refractivity contribution >= 4 is 11.6 Å². The number of hydrogen-bond acceptors (Lipinski definition) is 4. The Morgan fingerprint density at radius 3 is 2.59 bits per heavy atom. The minimum absolute atomic E-state index is 0.446. The summed E-state index contributed by atoms with van der Waals surface area (Å²) in [7, 11) is 1.73. The number of nitrogens with one attached hydrogen (secondary N) is 2. The maximum Gasteiger partial charge on any atom is 0.191 e. The van der Waals surface area contributed by atoms with Crippen LogP contribution in [-0.4, -0.2) is 56.5 Å². The molecule has 3 N–H and O–H groups in total. The van der Waals surface area contributed by atoms with Crippen LogP contribution in [0.3, 0.4) is 0 Å². The zero-order chi connectivity index (χ0) is 21.1. The van der Waals surface area contributed by atoms with Crippen LogP contribution in [-0.2, 0) is 0 Å². The van der Waals surface area contributed by atoms with Gasteiger partial charge in [-0.05, 0) is 44.2 Å². The van der Waals surface area contributed by atoms with Gasteiger partial charge in [0.25, 0.3) is 0 Å². The van der Waals surface area contributed by atoms with Crippen molar-refractivity contribution in [2.75, 3.05) is 44.7 Å². The predicted octanol–water partition coefficient (Wildman–Crippen LogP) is 3.41. The number of hydrogen-bond donors (Lipinski definition) is 3. The Labute approximate surface area is 176 Å². The standard InChI is InChI=1S/C23H40N4O2/c1-5-13-23(28,14-6-2)18-26-22(24-7-3)25-16-19-12-15-27(17-19)20-10-8-9-11-21(20)29-4/h8-11,19,28H,5-7,12-18H2,1-4H3,(H2,24,25,26). The van der Waals surface area contributed by atoms with Crippen LogP contribution in [0, 0.1) is 5.92 Å². The molecule has 2 rings (SSSR count). The van der Waals surface area contributed by atoms with Gasteiger partial charge in [-0.3, -0.25) is 4.99 Å². The number of para-hydroxylation sites is 2. The first-order chi connectivity index (χ1) is 14.0. The molecule has 1 aromatic rings. The number of rotatable bonds is 11. The van der Waals surface area contributed by atoms with Gasteiger partial charge in [0.2, 0.25) is 0 Å². The smallest absolute Gasteiger partial charge is 0.191 e. The van der Waals surface area contributed by atoms with Crippen LogP contribution < -0.4 is 20.3 Å². The van der Waals surface area contributed by atoms with Gasteiger partial charge in [0, 0.05) is 26.2 Å². The molecule has 0 saturated carbocycles. The van der Waals surface area contributed by atoms with Crippen molar-refractivity contribution in [1.82, 2.24) is 10.6 Å². The summed E-state index contributed by atoms with van der Waals surface area (Å²) in [4.78, 5) is 7.10. The van der Waals surface area contributed by atoms with Crippen molar-refractivity contribution in [3.8, 4) is 5.75 Å². The fourth-order valence-corrected chi connectivity index (χ4v) is 4.13. The number of aliphatic hydroxyl groups is 1. The SMILES string of the molecule is CCCC(O)(CCC)CN=C(NCC)NCC1CCN(c2ccccc2OC)C1. The van der Waals surface area contributed by atoms with E-state index in [2.05, 4.69) is 48.4 Å². The molecule has 1 atom stereocenters. The van der Waals surface area contributed by atoms with Gasteiger partial charge in [-0.2, -0.15) is 0 Å². The van der Waals surface area contributed by atoms with E-state index in [9.17, 15) is 5.11 Å². The summed E-state index contributed by atoms with van der Waals surface area (Å²) >= 11 is 0. The fourth-order valence-electron chi connectivity index (χ4n) is 4.13. The molecule has 0 radical (unpaired) electrons. The van der Waals surface area contributed by atoms with E-state index in [-0.39, 0.29) is 0 Å². The molecule has 0 spiro atoms. The first-order valence-electron chi connectivity index (χ1n) is 11.2. The van der Waals surface area contributed by atoms with Gasteiger partial charge in [0.15, 0.2) is 5.96 Å². The number of benzene rings is 1. The predicted molar refractivity (Wildman–Crippen MR) is 122 cm³/mol. The quantitative estimate of drug-likeness (QED) is 0.390. The lowest BCUT2D eigenvalue weighted by Gasteiger charge is -2.26. The third-order valence-electron chi connectivity index (χ3n) is 5.58. The van der Waals surface area contributed by atoms with Crippen LogP contribution in [0.5, 0.6) is 5.75 Å². The summed E-state index contributed by atoms with van der Waals surface area (Å²) in [6, 6.07) is 8.22. The van der Waals surface area contributed by atoms with Crippen molar-refractivity contribution in [2.24, 2.45) is 10.9 Å². The van der Waals surface area contributed by atoms with Crippen LogP contribution >= 0.6 is 0 Å². The molecule has 164 valence electrons. The monoisotopic (exact) mass is 404 g/mol. The molecule has 29 heavy (non-hydrogen) atoms. The van der Waals surface area contributed by atoms with Crippen molar-refractivity contribution < 1.29 is 9.84 Å². The molecule has 1 aromatic carbocycles. The molecule has 1 aliphatic rings. The summed E-state index contributed by atoms with van der Waals surface area (Å²) in [6.45, 7) is 10.5. The Morgan fingerprint density at radius 2 is 1.93 bits per heavy atom. The van der Waals surface area contributed by atoms with Crippen LogP contribution in [0.1, 0.15) is 52.9 Å². The third kappa shape index (κ3) is 7.11. The maximum atomic E-state index is 10.8. The first kappa shape index (κ1) is 23.3. The number of guanidine groups is 1. The van der Waals surface area contributed by atoms with Crippen molar-refractivity contribution in [1.29, 1.82) is 0 Å². The van der Waals surface area contributed by atoms with E-state index in [4.69, 9.17) is 9.73 Å². The number of anilines is 1. The second-order valence-corrected chi connectivity index (χ2v) is 8.07. The highest BCUT2D eigenvalue weighted by molar-refractivity contribution is 5.79. The molecule has 0 aliphatic carbocycles. The van der Waals surface area contributed by atoms with E-state index >= 15 is 0 Å². The summed E-state index contributed by atoms with van der Waals surface area (Å²) in [5, 5.41) is 17.6. The average molecular weight is 405 g/mol. The van der Waals surface area contributed by atoms with Gasteiger partial charge in [0.05, 0.1) is 24.9 Å². The summed E-state index contributed by atoms with van der Waals surface area (Å²) < 4.78 is 5.52. The van der Waals surface area contributed by atoms with E-state index in [1.807, 2.05) is 12.1 Å². The summed E-state index contributed by atoms with van der Waals surface area (Å²) in [5.41, 5.74) is 0.474. The molecule has 0 amide bonds. The average Bonchev–Trinajstić information content (AvgIpc) is 3.19. The first-order valence-corrected chi connectivity index (χ1v) is 11.2. The molecule has 0 aromatic heterocycles.